The molecule has 0 saturated carbocycles. The summed E-state index contributed by atoms with van der Waals surface area (Å²) in [4.78, 5) is 0. The van der Waals surface area contributed by atoms with Crippen LogP contribution in [0.2, 0.25) is 0 Å². The molecule has 2 aromatic heterocycles. The third-order valence-electron chi connectivity index (χ3n) is 12.9. The van der Waals surface area contributed by atoms with Crippen LogP contribution in [0.3, 0.4) is 0 Å². The minimum absolute atomic E-state index is 1.13. The lowest BCUT2D eigenvalue weighted by Crippen LogP contribution is -2.01. The van der Waals surface area contributed by atoms with Gasteiger partial charge in [-0.3, -0.25) is 0 Å². The summed E-state index contributed by atoms with van der Waals surface area (Å²) < 4.78 is 4.77. The lowest BCUT2D eigenvalue weighted by molar-refractivity contribution is 1.08. The highest BCUT2D eigenvalue weighted by molar-refractivity contribution is 6.10. The largest absolute Gasteiger partial charge is 0.323 e. The molecule has 0 unspecified atom stereocenters. The Kier molecular flexibility index (Phi) is 7.05. The number of nitrogens with zero attached hydrogens (tertiary/aromatic N) is 2. The summed E-state index contributed by atoms with van der Waals surface area (Å²) in [5.41, 5.74) is 24.5. The predicted octanol–water partition coefficient (Wildman–Crippen LogP) is 15.5. The Hall–Kier alpha value is -7.94. The summed E-state index contributed by atoms with van der Waals surface area (Å²) in [6.07, 6.45) is 4.69. The molecule has 11 aromatic rings. The molecule has 2 aliphatic carbocycles. The molecule has 60 heavy (non-hydrogen) atoms. The van der Waals surface area contributed by atoms with E-state index in [2.05, 4.69) is 228 Å². The predicted molar refractivity (Wildman–Crippen MR) is 251 cm³/mol. The maximum Gasteiger partial charge on any atom is 0.0541 e. The van der Waals surface area contributed by atoms with Crippen molar-refractivity contribution < 1.29 is 0 Å². The third kappa shape index (κ3) is 4.76. The van der Waals surface area contributed by atoms with Crippen molar-refractivity contribution in [3.8, 4) is 100 Å². The van der Waals surface area contributed by atoms with Gasteiger partial charge in [0.2, 0.25) is 0 Å². The molecule has 278 valence electrons. The molecular formula is C58H36N2. The Bertz CT molecular complexity index is 3420. The summed E-state index contributed by atoms with van der Waals surface area (Å²) in [5.74, 6) is 0. The van der Waals surface area contributed by atoms with E-state index < -0.39 is 0 Å². The fraction of sp³-hybridized carbons (Fsp3) is 0. The van der Waals surface area contributed by atoms with Gasteiger partial charge in [0.05, 0.1) is 11.0 Å². The summed E-state index contributed by atoms with van der Waals surface area (Å²) >= 11 is 0. The molecule has 0 saturated heterocycles. The number of benzene rings is 9. The van der Waals surface area contributed by atoms with E-state index in [4.69, 9.17) is 0 Å². The lowest BCUT2D eigenvalue weighted by atomic mass is 9.80. The van der Waals surface area contributed by atoms with Crippen molar-refractivity contribution in [2.75, 3.05) is 0 Å². The van der Waals surface area contributed by atoms with E-state index in [1.165, 1.54) is 111 Å². The molecule has 2 heterocycles. The van der Waals surface area contributed by atoms with Crippen molar-refractivity contribution >= 4 is 21.8 Å². The van der Waals surface area contributed by atoms with Gasteiger partial charge in [-0.1, -0.05) is 170 Å². The van der Waals surface area contributed by atoms with E-state index in [-0.39, 0.29) is 0 Å². The number of aromatic nitrogens is 2. The highest BCUT2D eigenvalue weighted by Crippen LogP contribution is 2.51. The summed E-state index contributed by atoms with van der Waals surface area (Å²) in [6.45, 7) is 0. The first kappa shape index (κ1) is 33.1. The van der Waals surface area contributed by atoms with Crippen LogP contribution < -0.4 is 0 Å². The van der Waals surface area contributed by atoms with Crippen molar-refractivity contribution in [1.82, 2.24) is 9.13 Å². The van der Waals surface area contributed by atoms with Crippen molar-refractivity contribution in [1.29, 1.82) is 0 Å². The minimum atomic E-state index is 1.13. The monoisotopic (exact) mass is 760 g/mol. The van der Waals surface area contributed by atoms with E-state index in [1.807, 2.05) is 0 Å². The molecule has 2 heteroatoms. The average molecular weight is 761 g/mol. The maximum atomic E-state index is 2.43. The standard InChI is InChI=1S/C58H36N2/c1-2-16-40-39(15-1)43-19-5-9-23-47(43)55-35-59(36-56(55)48-24-10-6-20-44(40)48)37-29-31-49-50-32-30-38(60-57-27-13-11-25-51(57)52-26-12-14-28-58(52)60)34-54(50)46-22-8-4-18-42(46)41-17-3-7-21-45(41)53(49)33-37/h1-36H. The Morgan fingerprint density at radius 1 is 0.217 bits per heavy atom. The molecular weight excluding hydrogens is 725 g/mol. The molecule has 2 aliphatic rings. The zero-order chi connectivity index (χ0) is 39.3. The zero-order valence-electron chi connectivity index (χ0n) is 32.7. The zero-order valence-corrected chi connectivity index (χ0v) is 32.7. The van der Waals surface area contributed by atoms with E-state index >= 15 is 0 Å². The van der Waals surface area contributed by atoms with Crippen LogP contribution in [0, 0.1) is 0 Å². The number of para-hydroxylation sites is 2. The highest BCUT2D eigenvalue weighted by Gasteiger charge is 2.26. The minimum Gasteiger partial charge on any atom is -0.323 e. The Balaban J connectivity index is 1.05. The molecule has 0 bridgehead atoms. The first-order valence-corrected chi connectivity index (χ1v) is 20.8. The molecule has 0 atom stereocenters. The number of rotatable bonds is 2. The molecule has 9 aromatic carbocycles. The van der Waals surface area contributed by atoms with E-state index in [1.54, 1.807) is 0 Å². The fourth-order valence-electron chi connectivity index (χ4n) is 10.3. The van der Waals surface area contributed by atoms with E-state index in [0.717, 1.165) is 11.4 Å². The van der Waals surface area contributed by atoms with Crippen molar-refractivity contribution in [3.63, 3.8) is 0 Å². The van der Waals surface area contributed by atoms with Crippen LogP contribution in [-0.2, 0) is 0 Å². The van der Waals surface area contributed by atoms with Gasteiger partial charge in [0.15, 0.2) is 0 Å². The molecule has 0 spiro atoms. The topological polar surface area (TPSA) is 9.86 Å². The molecule has 2 nitrogen and oxygen atoms in total. The number of hydrogen-bond acceptors (Lipinski definition) is 0. The van der Waals surface area contributed by atoms with Gasteiger partial charge in [-0.25, -0.2) is 0 Å². The Labute approximate surface area is 348 Å². The summed E-state index contributed by atoms with van der Waals surface area (Å²) in [7, 11) is 0. The molecule has 0 aliphatic heterocycles. The number of fused-ring (bicyclic) bond motifs is 19. The highest BCUT2D eigenvalue weighted by atomic mass is 15.0. The van der Waals surface area contributed by atoms with Gasteiger partial charge in [0.1, 0.15) is 0 Å². The Morgan fingerprint density at radius 2 is 0.500 bits per heavy atom. The summed E-state index contributed by atoms with van der Waals surface area (Å²) in [6, 6.07) is 76.2. The van der Waals surface area contributed by atoms with Gasteiger partial charge in [-0.15, -0.1) is 0 Å². The van der Waals surface area contributed by atoms with Crippen molar-refractivity contribution in [3.05, 3.63) is 219 Å². The van der Waals surface area contributed by atoms with Gasteiger partial charge in [0.25, 0.3) is 0 Å². The van der Waals surface area contributed by atoms with Crippen molar-refractivity contribution in [2.24, 2.45) is 0 Å². The van der Waals surface area contributed by atoms with Crippen LogP contribution >= 0.6 is 0 Å². The second kappa shape index (κ2) is 12.8. The summed E-state index contributed by atoms with van der Waals surface area (Å²) in [5, 5.41) is 2.53. The maximum absolute atomic E-state index is 2.43. The normalized spacial score (nSPS) is 12.0. The lowest BCUT2D eigenvalue weighted by Gasteiger charge is -2.24. The van der Waals surface area contributed by atoms with Gasteiger partial charge in [-0.05, 0) is 114 Å². The van der Waals surface area contributed by atoms with Crippen LogP contribution in [0.25, 0.3) is 122 Å². The molecule has 0 amide bonds. The van der Waals surface area contributed by atoms with Gasteiger partial charge >= 0.3 is 0 Å². The number of hydrogen-bond donors (Lipinski definition) is 0. The van der Waals surface area contributed by atoms with Crippen LogP contribution in [0.5, 0.6) is 0 Å². The molecule has 0 fully saturated rings. The van der Waals surface area contributed by atoms with Gasteiger partial charge < -0.3 is 9.13 Å². The fourth-order valence-corrected chi connectivity index (χ4v) is 10.3. The second-order valence-corrected chi connectivity index (χ2v) is 16.1. The van der Waals surface area contributed by atoms with Crippen LogP contribution in [-0.4, -0.2) is 9.13 Å². The van der Waals surface area contributed by atoms with Crippen molar-refractivity contribution in [2.45, 2.75) is 0 Å². The molecule has 13 rings (SSSR count). The third-order valence-corrected chi connectivity index (χ3v) is 12.9. The van der Waals surface area contributed by atoms with E-state index in [9.17, 15) is 0 Å². The van der Waals surface area contributed by atoms with Gasteiger partial charge in [-0.2, -0.15) is 0 Å². The molecule has 0 N–H and O–H groups in total. The first-order valence-electron chi connectivity index (χ1n) is 20.8. The van der Waals surface area contributed by atoms with Crippen LogP contribution in [0.15, 0.2) is 219 Å². The average Bonchev–Trinajstić information content (AvgIpc) is 3.91. The van der Waals surface area contributed by atoms with Gasteiger partial charge in [0, 0.05) is 45.7 Å². The molecule has 0 radical (unpaired) electrons. The SMILES string of the molecule is c1ccc2c(c1)-c1ccccc1-c1cn(-c3ccc4c(c3)-c3ccccc3-c3ccccc3-c3cc(-n5c6ccccc6c6ccccc65)ccc3-4)cc1-c1ccccc1-2. The smallest absolute Gasteiger partial charge is 0.0541 e. The van der Waals surface area contributed by atoms with Crippen LogP contribution in [0.4, 0.5) is 0 Å². The Morgan fingerprint density at radius 3 is 0.900 bits per heavy atom. The second-order valence-electron chi connectivity index (χ2n) is 16.1. The van der Waals surface area contributed by atoms with E-state index in [0.29, 0.717) is 0 Å². The van der Waals surface area contributed by atoms with Crippen LogP contribution in [0.1, 0.15) is 0 Å². The quantitative estimate of drug-likeness (QED) is 0.166. The first-order chi connectivity index (χ1) is 29.8.